The maximum Gasteiger partial charge on any atom is 0.244 e. The zero-order valence-corrected chi connectivity index (χ0v) is 8.24. The number of rotatable bonds is 3. The van der Waals surface area contributed by atoms with E-state index in [1.807, 2.05) is 13.8 Å². The van der Waals surface area contributed by atoms with Crippen molar-refractivity contribution in [2.24, 2.45) is 0 Å². The van der Waals surface area contributed by atoms with E-state index in [1.54, 1.807) is 22.8 Å². The summed E-state index contributed by atoms with van der Waals surface area (Å²) < 4.78 is 1.65. The Kier molecular flexibility index (Phi) is 3.06. The van der Waals surface area contributed by atoms with Crippen molar-refractivity contribution in [3.05, 3.63) is 18.0 Å². The zero-order chi connectivity index (χ0) is 9.84. The van der Waals surface area contributed by atoms with Crippen molar-refractivity contribution in [1.82, 2.24) is 14.7 Å². The first-order chi connectivity index (χ1) is 6.15. The van der Waals surface area contributed by atoms with Crippen molar-refractivity contribution in [1.29, 1.82) is 0 Å². The molecule has 4 heteroatoms. The van der Waals surface area contributed by atoms with Crippen LogP contribution in [0.4, 0.5) is 0 Å². The minimum absolute atomic E-state index is 0.0719. The quantitative estimate of drug-likeness (QED) is 0.678. The van der Waals surface area contributed by atoms with Crippen LogP contribution in [0, 0.1) is 13.0 Å². The third-order valence-corrected chi connectivity index (χ3v) is 2.04. The maximum absolute atomic E-state index is 11.4. The smallest absolute Gasteiger partial charge is 0.244 e. The number of nitrogens with zero attached hydrogens (tertiary/aromatic N) is 3. The molecule has 0 aromatic carbocycles. The van der Waals surface area contributed by atoms with Gasteiger partial charge in [-0.15, -0.1) is 0 Å². The molecule has 0 atom stereocenters. The highest BCUT2D eigenvalue weighted by atomic mass is 16.2. The van der Waals surface area contributed by atoms with Crippen molar-refractivity contribution < 1.29 is 4.79 Å². The van der Waals surface area contributed by atoms with Crippen molar-refractivity contribution in [3.8, 4) is 0 Å². The van der Waals surface area contributed by atoms with E-state index >= 15 is 0 Å². The van der Waals surface area contributed by atoms with Gasteiger partial charge in [-0.2, -0.15) is 5.10 Å². The summed E-state index contributed by atoms with van der Waals surface area (Å²) in [6.45, 7) is 4.86. The predicted octanol–water partition coefficient (Wildman–Crippen LogP) is 0.470. The fraction of sp³-hybridized carbons (Fsp3) is 0.556. The lowest BCUT2D eigenvalue weighted by molar-refractivity contribution is -0.130. The Morgan fingerprint density at radius 2 is 2.46 bits per heavy atom. The summed E-state index contributed by atoms with van der Waals surface area (Å²) in [7, 11) is 1.78. The van der Waals surface area contributed by atoms with E-state index in [0.29, 0.717) is 6.54 Å². The summed E-state index contributed by atoms with van der Waals surface area (Å²) in [5.74, 6) is 0.0719. The van der Waals surface area contributed by atoms with Crippen LogP contribution in [0.3, 0.4) is 0 Å². The van der Waals surface area contributed by atoms with Gasteiger partial charge in [0.15, 0.2) is 0 Å². The molecule has 0 spiro atoms. The van der Waals surface area contributed by atoms with E-state index in [4.69, 9.17) is 0 Å². The molecule has 13 heavy (non-hydrogen) atoms. The van der Waals surface area contributed by atoms with Crippen molar-refractivity contribution >= 4 is 5.91 Å². The first kappa shape index (κ1) is 9.77. The van der Waals surface area contributed by atoms with Gasteiger partial charge < -0.3 is 4.90 Å². The topological polar surface area (TPSA) is 38.1 Å². The molecule has 0 aliphatic carbocycles. The van der Waals surface area contributed by atoms with Crippen LogP contribution in [-0.4, -0.2) is 34.2 Å². The normalized spacial score (nSPS) is 10.1. The first-order valence-electron chi connectivity index (χ1n) is 4.29. The minimum Gasteiger partial charge on any atom is -0.344 e. The van der Waals surface area contributed by atoms with Crippen LogP contribution in [0.1, 0.15) is 12.6 Å². The number of carbonyl (C=O) groups is 1. The molecule has 0 aliphatic rings. The van der Waals surface area contributed by atoms with E-state index < -0.39 is 0 Å². The third kappa shape index (κ3) is 2.31. The van der Waals surface area contributed by atoms with E-state index in [2.05, 4.69) is 11.2 Å². The van der Waals surface area contributed by atoms with Crippen LogP contribution in [0.2, 0.25) is 0 Å². The average molecular weight is 180 g/mol. The van der Waals surface area contributed by atoms with Gasteiger partial charge in [-0.3, -0.25) is 9.48 Å². The number of carbonyl (C=O) groups excluding carboxylic acids is 1. The minimum atomic E-state index is 0.0719. The van der Waals surface area contributed by atoms with Crippen LogP contribution in [0.5, 0.6) is 0 Å². The van der Waals surface area contributed by atoms with Crippen molar-refractivity contribution in [3.63, 3.8) is 0 Å². The molecule has 1 radical (unpaired) electrons. The van der Waals surface area contributed by atoms with Gasteiger partial charge in [0, 0.05) is 25.4 Å². The molecule has 1 rings (SSSR count). The molecule has 1 aromatic heterocycles. The van der Waals surface area contributed by atoms with Gasteiger partial charge in [0.2, 0.25) is 5.91 Å². The lowest BCUT2D eigenvalue weighted by Crippen LogP contribution is -2.30. The van der Waals surface area contributed by atoms with Gasteiger partial charge >= 0.3 is 0 Å². The SMILES string of the molecule is CCN(C)C(=O)Cn1nc[c]c1C. The van der Waals surface area contributed by atoms with Crippen LogP contribution in [0.25, 0.3) is 0 Å². The Labute approximate surface area is 78.1 Å². The van der Waals surface area contributed by atoms with Crippen LogP contribution in [0.15, 0.2) is 6.20 Å². The molecule has 0 saturated heterocycles. The second kappa shape index (κ2) is 4.07. The first-order valence-corrected chi connectivity index (χ1v) is 4.29. The molecule has 4 nitrogen and oxygen atoms in total. The summed E-state index contributed by atoms with van der Waals surface area (Å²) in [6, 6.07) is 2.91. The van der Waals surface area contributed by atoms with E-state index in [9.17, 15) is 4.79 Å². The van der Waals surface area contributed by atoms with Gasteiger partial charge in [-0.25, -0.2) is 0 Å². The summed E-state index contributed by atoms with van der Waals surface area (Å²) in [5, 5.41) is 3.99. The molecule has 0 aliphatic heterocycles. The maximum atomic E-state index is 11.4. The molecule has 0 N–H and O–H groups in total. The Balaban J connectivity index is 2.60. The Morgan fingerprint density at radius 3 is 2.92 bits per heavy atom. The molecule has 1 aromatic rings. The summed E-state index contributed by atoms with van der Waals surface area (Å²) in [4.78, 5) is 13.1. The van der Waals surface area contributed by atoms with Gasteiger partial charge in [-0.1, -0.05) is 0 Å². The molecular formula is C9H14N3O. The summed E-state index contributed by atoms with van der Waals surface area (Å²) in [5.41, 5.74) is 0.887. The number of amides is 1. The number of aromatic nitrogens is 2. The highest BCUT2D eigenvalue weighted by Gasteiger charge is 2.08. The Morgan fingerprint density at radius 1 is 1.77 bits per heavy atom. The Hall–Kier alpha value is -1.32. The molecule has 0 unspecified atom stereocenters. The van der Waals surface area contributed by atoms with Crippen LogP contribution in [-0.2, 0) is 11.3 Å². The van der Waals surface area contributed by atoms with Crippen molar-refractivity contribution in [2.45, 2.75) is 20.4 Å². The summed E-state index contributed by atoms with van der Waals surface area (Å²) in [6.07, 6.45) is 1.58. The standard InChI is InChI=1S/C9H14N3O/c1-4-11(3)9(13)7-12-8(2)5-6-10-12/h6H,4,7H2,1-3H3. The lowest BCUT2D eigenvalue weighted by Gasteiger charge is -2.14. The largest absolute Gasteiger partial charge is 0.344 e. The fourth-order valence-electron chi connectivity index (χ4n) is 0.938. The monoisotopic (exact) mass is 180 g/mol. The fourth-order valence-corrected chi connectivity index (χ4v) is 0.938. The molecule has 1 amide bonds. The lowest BCUT2D eigenvalue weighted by atomic mass is 10.4. The van der Waals surface area contributed by atoms with Crippen LogP contribution < -0.4 is 0 Å². The average Bonchev–Trinajstić information content (AvgIpc) is 2.50. The second-order valence-electron chi connectivity index (χ2n) is 2.94. The van der Waals surface area contributed by atoms with Crippen LogP contribution >= 0.6 is 0 Å². The Bertz CT molecular complexity index is 293. The van der Waals surface area contributed by atoms with E-state index in [0.717, 1.165) is 12.2 Å². The molecule has 0 fully saturated rings. The van der Waals surface area contributed by atoms with Gasteiger partial charge in [-0.05, 0) is 13.8 Å². The molecule has 1 heterocycles. The number of hydrogen-bond donors (Lipinski definition) is 0. The zero-order valence-electron chi connectivity index (χ0n) is 8.24. The second-order valence-corrected chi connectivity index (χ2v) is 2.94. The highest BCUT2D eigenvalue weighted by molar-refractivity contribution is 5.75. The molecular weight excluding hydrogens is 166 g/mol. The predicted molar refractivity (Wildman–Crippen MR) is 49.1 cm³/mol. The number of likely N-dealkylation sites (N-methyl/N-ethyl adjacent to an activating group) is 1. The third-order valence-electron chi connectivity index (χ3n) is 2.04. The number of hydrogen-bond acceptors (Lipinski definition) is 2. The van der Waals surface area contributed by atoms with E-state index in [1.165, 1.54) is 0 Å². The molecule has 0 saturated carbocycles. The van der Waals surface area contributed by atoms with Gasteiger partial charge in [0.05, 0.1) is 6.20 Å². The number of aryl methyl sites for hydroxylation is 1. The van der Waals surface area contributed by atoms with Gasteiger partial charge in [0.1, 0.15) is 6.54 Å². The summed E-state index contributed by atoms with van der Waals surface area (Å²) >= 11 is 0. The molecule has 0 bridgehead atoms. The highest BCUT2D eigenvalue weighted by Crippen LogP contribution is 1.96. The van der Waals surface area contributed by atoms with Crippen molar-refractivity contribution in [2.75, 3.05) is 13.6 Å². The molecule has 71 valence electrons. The van der Waals surface area contributed by atoms with E-state index in [-0.39, 0.29) is 5.91 Å². The van der Waals surface area contributed by atoms with Gasteiger partial charge in [0.25, 0.3) is 0 Å².